The van der Waals surface area contributed by atoms with Gasteiger partial charge in [-0.25, -0.2) is 0 Å². The lowest BCUT2D eigenvalue weighted by Crippen LogP contribution is -2.34. The van der Waals surface area contributed by atoms with E-state index in [4.69, 9.17) is 17.0 Å². The first kappa shape index (κ1) is 19.4. The fourth-order valence-electron chi connectivity index (χ4n) is 2.10. The third-order valence-electron chi connectivity index (χ3n) is 3.48. The summed E-state index contributed by atoms with van der Waals surface area (Å²) >= 11 is 8.62. The van der Waals surface area contributed by atoms with E-state index in [0.29, 0.717) is 17.9 Å². The summed E-state index contributed by atoms with van der Waals surface area (Å²) in [5, 5.41) is 5.94. The Kier molecular flexibility index (Phi) is 7.40. The average Bonchev–Trinajstić information content (AvgIpc) is 2.58. The van der Waals surface area contributed by atoms with Crippen molar-refractivity contribution in [2.75, 3.05) is 11.9 Å². The van der Waals surface area contributed by atoms with E-state index in [9.17, 15) is 4.79 Å². The Bertz CT molecular complexity index is 748. The fraction of sp³-hybridized carbons (Fsp3) is 0.263. The van der Waals surface area contributed by atoms with Crippen molar-refractivity contribution in [2.45, 2.75) is 26.7 Å². The number of ether oxygens (including phenoxy) is 1. The minimum Gasteiger partial charge on any atom is -0.493 e. The Hall–Kier alpha value is -1.92. The van der Waals surface area contributed by atoms with Crippen LogP contribution in [0.4, 0.5) is 5.69 Å². The summed E-state index contributed by atoms with van der Waals surface area (Å²) in [5.41, 5.74) is 2.42. The van der Waals surface area contributed by atoms with Gasteiger partial charge >= 0.3 is 0 Å². The van der Waals surface area contributed by atoms with E-state index in [1.165, 1.54) is 0 Å². The minimum atomic E-state index is -0.308. The Morgan fingerprint density at radius 1 is 1.20 bits per heavy atom. The van der Waals surface area contributed by atoms with Gasteiger partial charge in [0.25, 0.3) is 5.91 Å². The van der Waals surface area contributed by atoms with Gasteiger partial charge in [-0.05, 0) is 55.9 Å². The highest BCUT2D eigenvalue weighted by Gasteiger charge is 2.15. The molecule has 0 aromatic heterocycles. The molecule has 4 nitrogen and oxygen atoms in total. The van der Waals surface area contributed by atoms with Crippen molar-refractivity contribution in [3.05, 3.63) is 58.1 Å². The molecule has 0 bridgehead atoms. The summed E-state index contributed by atoms with van der Waals surface area (Å²) < 4.78 is 6.52. The molecular weight excluding hydrogens is 400 g/mol. The van der Waals surface area contributed by atoms with Gasteiger partial charge < -0.3 is 10.1 Å². The van der Waals surface area contributed by atoms with Crippen molar-refractivity contribution in [2.24, 2.45) is 0 Å². The summed E-state index contributed by atoms with van der Waals surface area (Å²) in [6.45, 7) is 4.68. The number of carbonyl (C=O) groups is 1. The monoisotopic (exact) mass is 420 g/mol. The molecule has 0 radical (unpaired) electrons. The van der Waals surface area contributed by atoms with Crippen LogP contribution in [-0.4, -0.2) is 17.6 Å². The number of amides is 1. The number of hydrogen-bond donors (Lipinski definition) is 2. The zero-order valence-electron chi connectivity index (χ0n) is 14.3. The lowest BCUT2D eigenvalue weighted by Gasteiger charge is -2.13. The van der Waals surface area contributed by atoms with Crippen molar-refractivity contribution in [3.63, 3.8) is 0 Å². The van der Waals surface area contributed by atoms with Crippen LogP contribution in [0, 0.1) is 6.92 Å². The standard InChI is InChI=1S/C19H21BrN2O2S/c1-3-4-11-24-17-10-7-14(20)12-16(17)18(23)22-19(25)21-15-8-5-13(2)6-9-15/h5-10,12H,3-4,11H2,1-2H3,(H2,21,22,23,25). The maximum atomic E-state index is 12.6. The molecule has 0 aliphatic rings. The summed E-state index contributed by atoms with van der Waals surface area (Å²) in [7, 11) is 0. The number of carbonyl (C=O) groups excluding carboxylic acids is 1. The highest BCUT2D eigenvalue weighted by molar-refractivity contribution is 9.10. The third-order valence-corrected chi connectivity index (χ3v) is 4.18. The number of rotatable bonds is 6. The van der Waals surface area contributed by atoms with Crippen molar-refractivity contribution >= 4 is 44.9 Å². The molecular formula is C19H21BrN2O2S. The second kappa shape index (κ2) is 9.53. The lowest BCUT2D eigenvalue weighted by atomic mass is 10.2. The van der Waals surface area contributed by atoms with Crippen LogP contribution in [0.25, 0.3) is 0 Å². The fourth-order valence-corrected chi connectivity index (χ4v) is 2.67. The molecule has 0 atom stereocenters. The van der Waals surface area contributed by atoms with Gasteiger partial charge in [0, 0.05) is 10.2 Å². The number of unbranched alkanes of at least 4 members (excludes halogenated alkanes) is 1. The van der Waals surface area contributed by atoms with E-state index < -0.39 is 0 Å². The summed E-state index contributed by atoms with van der Waals surface area (Å²) in [5.74, 6) is 0.240. The van der Waals surface area contributed by atoms with E-state index in [-0.39, 0.29) is 11.0 Å². The predicted octanol–water partition coefficient (Wildman–Crippen LogP) is 5.06. The molecule has 25 heavy (non-hydrogen) atoms. The Balaban J connectivity index is 2.04. The van der Waals surface area contributed by atoms with Crippen LogP contribution in [0.2, 0.25) is 0 Å². The number of thiocarbonyl (C=S) groups is 1. The quantitative estimate of drug-likeness (QED) is 0.506. The second-order valence-corrected chi connectivity index (χ2v) is 6.94. The molecule has 0 heterocycles. The van der Waals surface area contributed by atoms with Crippen LogP contribution in [-0.2, 0) is 0 Å². The molecule has 0 unspecified atom stereocenters. The molecule has 2 aromatic carbocycles. The maximum absolute atomic E-state index is 12.6. The predicted molar refractivity (Wildman–Crippen MR) is 109 cm³/mol. The highest BCUT2D eigenvalue weighted by Crippen LogP contribution is 2.23. The van der Waals surface area contributed by atoms with E-state index in [1.54, 1.807) is 12.1 Å². The smallest absolute Gasteiger partial charge is 0.261 e. The van der Waals surface area contributed by atoms with E-state index in [0.717, 1.165) is 28.6 Å². The molecule has 0 saturated carbocycles. The van der Waals surface area contributed by atoms with Gasteiger partial charge in [-0.2, -0.15) is 0 Å². The van der Waals surface area contributed by atoms with Gasteiger partial charge in [0.1, 0.15) is 5.75 Å². The Morgan fingerprint density at radius 3 is 2.60 bits per heavy atom. The summed E-state index contributed by atoms with van der Waals surface area (Å²) in [4.78, 5) is 12.6. The number of benzene rings is 2. The average molecular weight is 421 g/mol. The third kappa shape index (κ3) is 6.14. The van der Waals surface area contributed by atoms with Crippen molar-refractivity contribution in [1.82, 2.24) is 5.32 Å². The molecule has 0 fully saturated rings. The van der Waals surface area contributed by atoms with E-state index in [1.807, 2.05) is 37.3 Å². The minimum absolute atomic E-state index is 0.244. The molecule has 0 spiro atoms. The van der Waals surface area contributed by atoms with Gasteiger partial charge in [-0.3, -0.25) is 10.1 Å². The number of anilines is 1. The summed E-state index contributed by atoms with van der Waals surface area (Å²) in [6, 6.07) is 13.1. The topological polar surface area (TPSA) is 50.4 Å². The highest BCUT2D eigenvalue weighted by atomic mass is 79.9. The van der Waals surface area contributed by atoms with Gasteiger partial charge in [-0.15, -0.1) is 0 Å². The van der Waals surface area contributed by atoms with Crippen LogP contribution >= 0.6 is 28.1 Å². The van der Waals surface area contributed by atoms with Crippen LogP contribution in [0.1, 0.15) is 35.7 Å². The number of hydrogen-bond acceptors (Lipinski definition) is 3. The van der Waals surface area contributed by atoms with Crippen LogP contribution in [0.5, 0.6) is 5.75 Å². The lowest BCUT2D eigenvalue weighted by molar-refractivity contribution is 0.0973. The largest absolute Gasteiger partial charge is 0.493 e. The molecule has 132 valence electrons. The second-order valence-electron chi connectivity index (χ2n) is 5.62. The molecule has 2 N–H and O–H groups in total. The molecule has 0 saturated heterocycles. The normalized spacial score (nSPS) is 10.2. The van der Waals surface area contributed by atoms with Gasteiger partial charge in [0.15, 0.2) is 5.11 Å². The number of halogens is 1. The van der Waals surface area contributed by atoms with Crippen molar-refractivity contribution in [3.8, 4) is 5.75 Å². The van der Waals surface area contributed by atoms with Crippen LogP contribution in [0.3, 0.4) is 0 Å². The van der Waals surface area contributed by atoms with E-state index in [2.05, 4.69) is 33.5 Å². The molecule has 0 aliphatic carbocycles. The zero-order valence-corrected chi connectivity index (χ0v) is 16.7. The number of nitrogens with one attached hydrogen (secondary N) is 2. The Morgan fingerprint density at radius 2 is 1.92 bits per heavy atom. The van der Waals surface area contributed by atoms with Crippen LogP contribution in [0.15, 0.2) is 46.9 Å². The molecule has 6 heteroatoms. The molecule has 2 rings (SSSR count). The molecule has 2 aromatic rings. The Labute approximate surface area is 162 Å². The van der Waals surface area contributed by atoms with Crippen molar-refractivity contribution in [1.29, 1.82) is 0 Å². The zero-order chi connectivity index (χ0) is 18.2. The van der Waals surface area contributed by atoms with Gasteiger partial charge in [-0.1, -0.05) is 47.0 Å². The maximum Gasteiger partial charge on any atom is 0.261 e. The van der Waals surface area contributed by atoms with Crippen LogP contribution < -0.4 is 15.4 Å². The molecule has 1 amide bonds. The van der Waals surface area contributed by atoms with Crippen molar-refractivity contribution < 1.29 is 9.53 Å². The first-order chi connectivity index (χ1) is 12.0. The number of aryl methyl sites for hydroxylation is 1. The van der Waals surface area contributed by atoms with Gasteiger partial charge in [0.05, 0.1) is 12.2 Å². The first-order valence-corrected chi connectivity index (χ1v) is 9.31. The van der Waals surface area contributed by atoms with E-state index >= 15 is 0 Å². The summed E-state index contributed by atoms with van der Waals surface area (Å²) in [6.07, 6.45) is 1.97. The SMILES string of the molecule is CCCCOc1ccc(Br)cc1C(=O)NC(=S)Nc1ccc(C)cc1. The first-order valence-electron chi connectivity index (χ1n) is 8.11. The molecule has 0 aliphatic heterocycles. The van der Waals surface area contributed by atoms with Gasteiger partial charge in [0.2, 0.25) is 0 Å².